The summed E-state index contributed by atoms with van der Waals surface area (Å²) in [6.45, 7) is 6.38. The number of aryl methyl sites for hydroxylation is 1. The van der Waals surface area contributed by atoms with Crippen molar-refractivity contribution in [3.8, 4) is 0 Å². The van der Waals surface area contributed by atoms with Gasteiger partial charge in [0.1, 0.15) is 5.82 Å². The molecule has 0 saturated carbocycles. The number of pyridine rings is 1. The molecular formula is C24H30N4O2. The maximum atomic E-state index is 12.5. The van der Waals surface area contributed by atoms with E-state index in [2.05, 4.69) is 27.3 Å². The van der Waals surface area contributed by atoms with Crippen molar-refractivity contribution < 1.29 is 9.59 Å². The first-order valence-corrected chi connectivity index (χ1v) is 10.9. The number of likely N-dealkylation sites (tertiary alicyclic amines) is 2. The zero-order valence-corrected chi connectivity index (χ0v) is 17.6. The third-order valence-corrected chi connectivity index (χ3v) is 6.12. The minimum atomic E-state index is 0.0322. The van der Waals surface area contributed by atoms with E-state index in [1.165, 1.54) is 5.56 Å². The average molecular weight is 407 g/mol. The van der Waals surface area contributed by atoms with Crippen molar-refractivity contribution in [1.29, 1.82) is 0 Å². The molecular weight excluding hydrogens is 376 g/mol. The topological polar surface area (TPSA) is 65.5 Å². The Kier molecular flexibility index (Phi) is 6.43. The summed E-state index contributed by atoms with van der Waals surface area (Å²) in [5.74, 6) is 0.867. The molecule has 1 N–H and O–H groups in total. The Morgan fingerprint density at radius 3 is 2.33 bits per heavy atom. The van der Waals surface area contributed by atoms with Gasteiger partial charge in [-0.3, -0.25) is 14.5 Å². The van der Waals surface area contributed by atoms with Crippen LogP contribution in [-0.4, -0.2) is 52.8 Å². The highest BCUT2D eigenvalue weighted by atomic mass is 16.2. The summed E-state index contributed by atoms with van der Waals surface area (Å²) in [4.78, 5) is 33.6. The molecule has 1 aromatic heterocycles. The SMILES string of the molecule is Cc1ccc(NC(=O)C2CCN(Cc3ccc(C(=O)N4CCCC4)cc3)CC2)nc1. The van der Waals surface area contributed by atoms with E-state index in [-0.39, 0.29) is 17.7 Å². The predicted molar refractivity (Wildman–Crippen MR) is 117 cm³/mol. The molecule has 2 aliphatic rings. The molecule has 1 aromatic carbocycles. The average Bonchev–Trinajstić information content (AvgIpc) is 3.31. The molecule has 6 heteroatoms. The van der Waals surface area contributed by atoms with Crippen molar-refractivity contribution >= 4 is 17.6 Å². The lowest BCUT2D eigenvalue weighted by Crippen LogP contribution is -2.37. The van der Waals surface area contributed by atoms with Gasteiger partial charge in [0.25, 0.3) is 5.91 Å². The van der Waals surface area contributed by atoms with Crippen LogP contribution in [0.4, 0.5) is 5.82 Å². The molecule has 2 fully saturated rings. The number of piperidine rings is 1. The number of hydrogen-bond acceptors (Lipinski definition) is 4. The van der Waals surface area contributed by atoms with Crippen molar-refractivity contribution in [2.24, 2.45) is 5.92 Å². The summed E-state index contributed by atoms with van der Waals surface area (Å²) in [6.07, 6.45) is 5.69. The van der Waals surface area contributed by atoms with Gasteiger partial charge >= 0.3 is 0 Å². The Bertz CT molecular complexity index is 865. The first-order chi connectivity index (χ1) is 14.6. The summed E-state index contributed by atoms with van der Waals surface area (Å²) in [7, 11) is 0. The fourth-order valence-corrected chi connectivity index (χ4v) is 4.24. The Hall–Kier alpha value is -2.73. The van der Waals surface area contributed by atoms with E-state index in [9.17, 15) is 9.59 Å². The second-order valence-corrected chi connectivity index (χ2v) is 8.46. The third-order valence-electron chi connectivity index (χ3n) is 6.12. The van der Waals surface area contributed by atoms with Crippen LogP contribution < -0.4 is 5.32 Å². The zero-order valence-electron chi connectivity index (χ0n) is 17.6. The number of nitrogens with zero attached hydrogens (tertiary/aromatic N) is 3. The van der Waals surface area contributed by atoms with Crippen LogP contribution in [0.5, 0.6) is 0 Å². The Labute approximate surface area is 178 Å². The van der Waals surface area contributed by atoms with Gasteiger partial charge < -0.3 is 10.2 Å². The van der Waals surface area contributed by atoms with Gasteiger partial charge in [0, 0.05) is 37.3 Å². The molecule has 3 heterocycles. The molecule has 0 radical (unpaired) electrons. The monoisotopic (exact) mass is 406 g/mol. The molecule has 2 aromatic rings. The predicted octanol–water partition coefficient (Wildman–Crippen LogP) is 3.48. The second kappa shape index (κ2) is 9.39. The van der Waals surface area contributed by atoms with Crippen molar-refractivity contribution in [2.75, 3.05) is 31.5 Å². The van der Waals surface area contributed by atoms with Crippen LogP contribution in [0, 0.1) is 12.8 Å². The number of carbonyl (C=O) groups excluding carboxylic acids is 2. The highest BCUT2D eigenvalue weighted by Gasteiger charge is 2.25. The molecule has 2 aliphatic heterocycles. The van der Waals surface area contributed by atoms with E-state index < -0.39 is 0 Å². The maximum Gasteiger partial charge on any atom is 0.253 e. The van der Waals surface area contributed by atoms with Gasteiger partial charge in [0.2, 0.25) is 5.91 Å². The van der Waals surface area contributed by atoms with Crippen LogP contribution in [0.3, 0.4) is 0 Å². The highest BCUT2D eigenvalue weighted by Crippen LogP contribution is 2.21. The lowest BCUT2D eigenvalue weighted by Gasteiger charge is -2.31. The third kappa shape index (κ3) is 5.05. The van der Waals surface area contributed by atoms with Crippen molar-refractivity contribution in [3.63, 3.8) is 0 Å². The van der Waals surface area contributed by atoms with Crippen molar-refractivity contribution in [1.82, 2.24) is 14.8 Å². The van der Waals surface area contributed by atoms with E-state index in [0.29, 0.717) is 5.82 Å². The number of hydrogen-bond donors (Lipinski definition) is 1. The van der Waals surface area contributed by atoms with Crippen molar-refractivity contribution in [2.45, 2.75) is 39.2 Å². The lowest BCUT2D eigenvalue weighted by molar-refractivity contribution is -0.121. The largest absolute Gasteiger partial charge is 0.339 e. The minimum Gasteiger partial charge on any atom is -0.339 e. The van der Waals surface area contributed by atoms with E-state index in [1.54, 1.807) is 6.20 Å². The molecule has 0 spiro atoms. The number of benzene rings is 1. The van der Waals surface area contributed by atoms with Gasteiger partial charge in [0.15, 0.2) is 0 Å². The maximum absolute atomic E-state index is 12.5. The van der Waals surface area contributed by atoms with Gasteiger partial charge in [-0.2, -0.15) is 0 Å². The molecule has 0 aliphatic carbocycles. The van der Waals surface area contributed by atoms with Crippen molar-refractivity contribution in [3.05, 3.63) is 59.3 Å². The summed E-state index contributed by atoms with van der Waals surface area (Å²) < 4.78 is 0. The highest BCUT2D eigenvalue weighted by molar-refractivity contribution is 5.94. The van der Waals surface area contributed by atoms with E-state index in [1.807, 2.05) is 36.1 Å². The quantitative estimate of drug-likeness (QED) is 0.826. The minimum absolute atomic E-state index is 0.0322. The Balaban J connectivity index is 1.24. The fourth-order valence-electron chi connectivity index (χ4n) is 4.24. The molecule has 2 amide bonds. The molecule has 158 valence electrons. The molecule has 4 rings (SSSR count). The smallest absolute Gasteiger partial charge is 0.253 e. The van der Waals surface area contributed by atoms with Gasteiger partial charge in [-0.25, -0.2) is 4.98 Å². The zero-order chi connectivity index (χ0) is 20.9. The van der Waals surface area contributed by atoms with E-state index in [4.69, 9.17) is 0 Å². The van der Waals surface area contributed by atoms with Crippen LogP contribution >= 0.6 is 0 Å². The molecule has 0 atom stereocenters. The van der Waals surface area contributed by atoms with Gasteiger partial charge in [0.05, 0.1) is 0 Å². The summed E-state index contributed by atoms with van der Waals surface area (Å²) in [6, 6.07) is 11.8. The molecule has 0 bridgehead atoms. The molecule has 30 heavy (non-hydrogen) atoms. The first-order valence-electron chi connectivity index (χ1n) is 10.9. The Morgan fingerprint density at radius 2 is 1.70 bits per heavy atom. The van der Waals surface area contributed by atoms with Crippen LogP contribution in [-0.2, 0) is 11.3 Å². The fraction of sp³-hybridized carbons (Fsp3) is 0.458. The first kappa shape index (κ1) is 20.5. The normalized spacial score (nSPS) is 17.8. The number of nitrogens with one attached hydrogen (secondary N) is 1. The van der Waals surface area contributed by atoms with Crippen LogP contribution in [0.15, 0.2) is 42.6 Å². The van der Waals surface area contributed by atoms with Gasteiger partial charge in [-0.1, -0.05) is 18.2 Å². The lowest BCUT2D eigenvalue weighted by atomic mass is 9.95. The summed E-state index contributed by atoms with van der Waals surface area (Å²) in [5, 5.41) is 2.94. The number of amides is 2. The van der Waals surface area contributed by atoms with Crippen LogP contribution in [0.25, 0.3) is 0 Å². The Morgan fingerprint density at radius 1 is 1.00 bits per heavy atom. The number of aromatic nitrogens is 1. The standard InChI is InChI=1S/C24H30N4O2/c1-18-4-9-22(25-16-18)26-23(29)20-10-14-27(15-11-20)17-19-5-7-21(8-6-19)24(30)28-12-2-3-13-28/h4-9,16,20H,2-3,10-15,17H2,1H3,(H,25,26,29). The number of rotatable bonds is 5. The van der Waals surface area contributed by atoms with E-state index in [0.717, 1.165) is 69.5 Å². The van der Waals surface area contributed by atoms with Gasteiger partial charge in [-0.05, 0) is 75.0 Å². The summed E-state index contributed by atoms with van der Waals surface area (Å²) >= 11 is 0. The van der Waals surface area contributed by atoms with E-state index >= 15 is 0 Å². The van der Waals surface area contributed by atoms with Crippen LogP contribution in [0.2, 0.25) is 0 Å². The molecule has 2 saturated heterocycles. The molecule has 0 unspecified atom stereocenters. The number of anilines is 1. The molecule has 6 nitrogen and oxygen atoms in total. The second-order valence-electron chi connectivity index (χ2n) is 8.46. The van der Waals surface area contributed by atoms with Gasteiger partial charge in [-0.15, -0.1) is 0 Å². The summed E-state index contributed by atoms with van der Waals surface area (Å²) in [5.41, 5.74) is 3.07. The van der Waals surface area contributed by atoms with Crippen LogP contribution in [0.1, 0.15) is 47.2 Å². The number of carbonyl (C=O) groups is 2.